The minimum absolute atomic E-state index is 0.0208. The molecule has 2 rings (SSSR count). The number of hydrogen-bond acceptors (Lipinski definition) is 6. The molecular formula is C16H18N2O5S. The van der Waals surface area contributed by atoms with Gasteiger partial charge in [0.1, 0.15) is 12.1 Å². The van der Waals surface area contributed by atoms with Gasteiger partial charge in [-0.2, -0.15) is 9.57 Å². The second kappa shape index (κ2) is 7.55. The molecule has 0 aliphatic carbocycles. The van der Waals surface area contributed by atoms with Crippen LogP contribution in [0.2, 0.25) is 0 Å². The van der Waals surface area contributed by atoms with Crippen molar-refractivity contribution in [3.63, 3.8) is 0 Å². The van der Waals surface area contributed by atoms with Gasteiger partial charge in [0.2, 0.25) is 10.0 Å². The molecule has 0 radical (unpaired) electrons. The number of rotatable bonds is 5. The molecule has 0 saturated carbocycles. The number of ether oxygens (including phenoxy) is 1. The van der Waals surface area contributed by atoms with Gasteiger partial charge >= 0.3 is 5.97 Å². The van der Waals surface area contributed by atoms with E-state index in [1.54, 1.807) is 6.07 Å². The molecule has 0 unspecified atom stereocenters. The molecule has 8 heteroatoms. The summed E-state index contributed by atoms with van der Waals surface area (Å²) in [5.41, 5.74) is 0.414. The maximum atomic E-state index is 12.8. The molecule has 128 valence electrons. The van der Waals surface area contributed by atoms with Crippen molar-refractivity contribution in [2.24, 2.45) is 0 Å². The van der Waals surface area contributed by atoms with E-state index in [2.05, 4.69) is 0 Å². The maximum Gasteiger partial charge on any atom is 0.325 e. The van der Waals surface area contributed by atoms with Gasteiger partial charge in [0, 0.05) is 12.1 Å². The van der Waals surface area contributed by atoms with Gasteiger partial charge < -0.3 is 4.74 Å². The summed E-state index contributed by atoms with van der Waals surface area (Å²) in [6, 6.07) is 6.38. The zero-order valence-corrected chi connectivity index (χ0v) is 14.1. The van der Waals surface area contributed by atoms with Crippen molar-refractivity contribution in [1.29, 1.82) is 5.26 Å². The third-order valence-corrected chi connectivity index (χ3v) is 5.79. The highest BCUT2D eigenvalue weighted by Crippen LogP contribution is 2.26. The third-order valence-electron chi connectivity index (χ3n) is 3.87. The van der Waals surface area contributed by atoms with Crippen molar-refractivity contribution >= 4 is 21.8 Å². The van der Waals surface area contributed by atoms with Crippen LogP contribution in [0.25, 0.3) is 0 Å². The Bertz CT molecular complexity index is 765. The van der Waals surface area contributed by atoms with Gasteiger partial charge in [-0.05, 0) is 38.3 Å². The van der Waals surface area contributed by atoms with Crippen molar-refractivity contribution in [3.05, 3.63) is 29.8 Å². The smallest absolute Gasteiger partial charge is 0.325 e. The van der Waals surface area contributed by atoms with E-state index in [9.17, 15) is 18.0 Å². The first-order valence-corrected chi connectivity index (χ1v) is 8.98. The fourth-order valence-electron chi connectivity index (χ4n) is 2.62. The molecule has 1 saturated heterocycles. The highest BCUT2D eigenvalue weighted by Gasteiger charge is 2.38. The third kappa shape index (κ3) is 3.80. The first-order valence-electron chi connectivity index (χ1n) is 7.54. The lowest BCUT2D eigenvalue weighted by Crippen LogP contribution is -2.48. The van der Waals surface area contributed by atoms with E-state index >= 15 is 0 Å². The van der Waals surface area contributed by atoms with Crippen molar-refractivity contribution in [2.45, 2.75) is 37.1 Å². The number of benzene rings is 1. The normalized spacial score (nSPS) is 18.6. The highest BCUT2D eigenvalue weighted by molar-refractivity contribution is 7.89. The van der Waals surface area contributed by atoms with Gasteiger partial charge in [0.05, 0.1) is 4.90 Å². The van der Waals surface area contributed by atoms with E-state index in [1.807, 2.05) is 0 Å². The monoisotopic (exact) mass is 350 g/mol. The summed E-state index contributed by atoms with van der Waals surface area (Å²) in [6.45, 7) is 1.20. The van der Waals surface area contributed by atoms with E-state index < -0.39 is 28.6 Å². The molecule has 7 nitrogen and oxygen atoms in total. The van der Waals surface area contributed by atoms with Crippen LogP contribution in [-0.2, 0) is 19.6 Å². The average Bonchev–Trinajstić information content (AvgIpc) is 2.59. The number of sulfonamides is 1. The Hall–Kier alpha value is -2.24. The Labute approximate surface area is 140 Å². The highest BCUT2D eigenvalue weighted by atomic mass is 32.2. The summed E-state index contributed by atoms with van der Waals surface area (Å²) >= 11 is 0. The molecule has 0 bridgehead atoms. The first-order chi connectivity index (χ1) is 11.4. The predicted molar refractivity (Wildman–Crippen MR) is 84.5 cm³/mol. The molecule has 0 aromatic heterocycles. The van der Waals surface area contributed by atoms with Crippen molar-refractivity contribution in [3.8, 4) is 6.07 Å². The fourth-order valence-corrected chi connectivity index (χ4v) is 4.27. The van der Waals surface area contributed by atoms with Crippen LogP contribution in [0.3, 0.4) is 0 Å². The minimum atomic E-state index is -3.89. The van der Waals surface area contributed by atoms with Gasteiger partial charge in [-0.25, -0.2) is 8.42 Å². The standard InChI is InChI=1S/C16H18N2O5S/c1-12(19)13-5-7-14(8-6-13)24(21,22)18-10-3-2-4-15(18)16(20)23-11-9-17/h5-8,15H,2-4,10-11H2,1H3/t15-/m1/s1. The molecule has 1 atom stereocenters. The number of esters is 1. The number of hydrogen-bond donors (Lipinski definition) is 0. The number of ketones is 1. The fraction of sp³-hybridized carbons (Fsp3) is 0.438. The topological polar surface area (TPSA) is 105 Å². The Morgan fingerprint density at radius 3 is 2.54 bits per heavy atom. The quantitative estimate of drug-likeness (QED) is 0.589. The molecule has 1 aliphatic heterocycles. The Kier molecular flexibility index (Phi) is 5.70. The molecule has 1 aromatic carbocycles. The number of Topliss-reactive ketones (excluding diaryl/α,β-unsaturated/α-hetero) is 1. The number of carbonyl (C=O) groups is 2. The average molecular weight is 350 g/mol. The van der Waals surface area contributed by atoms with E-state index in [4.69, 9.17) is 10.00 Å². The van der Waals surface area contributed by atoms with Crippen LogP contribution in [0.15, 0.2) is 29.2 Å². The van der Waals surface area contributed by atoms with Crippen molar-refractivity contribution < 1.29 is 22.7 Å². The largest absolute Gasteiger partial charge is 0.449 e. The molecule has 24 heavy (non-hydrogen) atoms. The van der Waals surface area contributed by atoms with Gasteiger partial charge in [0.15, 0.2) is 12.4 Å². The number of carbonyl (C=O) groups excluding carboxylic acids is 2. The van der Waals surface area contributed by atoms with Crippen molar-refractivity contribution in [1.82, 2.24) is 4.31 Å². The predicted octanol–water partition coefficient (Wildman–Crippen LogP) is 1.50. The molecule has 1 aliphatic rings. The number of nitriles is 1. The minimum Gasteiger partial charge on any atom is -0.449 e. The van der Waals surface area contributed by atoms with Gasteiger partial charge in [-0.1, -0.05) is 12.1 Å². The zero-order valence-electron chi connectivity index (χ0n) is 13.3. The zero-order chi connectivity index (χ0) is 17.7. The Morgan fingerprint density at radius 2 is 1.96 bits per heavy atom. The summed E-state index contributed by atoms with van der Waals surface area (Å²) in [5, 5.41) is 8.50. The summed E-state index contributed by atoms with van der Waals surface area (Å²) in [5.74, 6) is -0.866. The van der Waals surface area contributed by atoms with Crippen LogP contribution in [0.5, 0.6) is 0 Å². The van der Waals surface area contributed by atoms with E-state index in [0.29, 0.717) is 24.8 Å². The van der Waals surface area contributed by atoms with Gasteiger partial charge in [-0.3, -0.25) is 9.59 Å². The molecule has 0 N–H and O–H groups in total. The Morgan fingerprint density at radius 1 is 1.29 bits per heavy atom. The van der Waals surface area contributed by atoms with E-state index in [1.165, 1.54) is 31.2 Å². The van der Waals surface area contributed by atoms with Gasteiger partial charge in [0.25, 0.3) is 0 Å². The van der Waals surface area contributed by atoms with Crippen LogP contribution in [0.1, 0.15) is 36.5 Å². The maximum absolute atomic E-state index is 12.8. The lowest BCUT2D eigenvalue weighted by Gasteiger charge is -2.32. The van der Waals surface area contributed by atoms with Crippen LogP contribution in [0.4, 0.5) is 0 Å². The van der Waals surface area contributed by atoms with E-state index in [0.717, 1.165) is 4.31 Å². The van der Waals surface area contributed by atoms with Crippen LogP contribution in [-0.4, -0.2) is 43.7 Å². The van der Waals surface area contributed by atoms with E-state index in [-0.39, 0.29) is 17.2 Å². The number of piperidine rings is 1. The second-order valence-corrected chi connectivity index (χ2v) is 7.36. The summed E-state index contributed by atoms with van der Waals surface area (Å²) in [4.78, 5) is 23.4. The first kappa shape index (κ1) is 18.1. The summed E-state index contributed by atoms with van der Waals surface area (Å²) in [7, 11) is -3.89. The van der Waals surface area contributed by atoms with Crippen molar-refractivity contribution in [2.75, 3.05) is 13.2 Å². The molecule has 0 amide bonds. The van der Waals surface area contributed by atoms with Crippen LogP contribution < -0.4 is 0 Å². The summed E-state index contributed by atoms with van der Waals surface area (Å²) in [6.07, 6.45) is 1.71. The molecule has 1 aromatic rings. The van der Waals surface area contributed by atoms with Gasteiger partial charge in [-0.15, -0.1) is 0 Å². The second-order valence-electron chi connectivity index (χ2n) is 5.47. The lowest BCUT2D eigenvalue weighted by molar-refractivity contribution is -0.147. The molecular weight excluding hydrogens is 332 g/mol. The number of nitrogens with zero attached hydrogens (tertiary/aromatic N) is 2. The van der Waals surface area contributed by atoms with Crippen LogP contribution in [0, 0.1) is 11.3 Å². The molecule has 1 heterocycles. The van der Waals surface area contributed by atoms with Crippen LogP contribution >= 0.6 is 0 Å². The lowest BCUT2D eigenvalue weighted by atomic mass is 10.1. The molecule has 1 fully saturated rings. The SMILES string of the molecule is CC(=O)c1ccc(S(=O)(=O)N2CCCC[C@@H]2C(=O)OCC#N)cc1. The summed E-state index contributed by atoms with van der Waals surface area (Å²) < 4.78 is 31.6. The molecule has 0 spiro atoms. The Balaban J connectivity index is 2.29.